The number of rotatable bonds is 6. The molecule has 5 nitrogen and oxygen atoms in total. The molecule has 0 atom stereocenters. The van der Waals surface area contributed by atoms with Crippen LogP contribution < -0.4 is 10.2 Å². The fourth-order valence-electron chi connectivity index (χ4n) is 2.43. The van der Waals surface area contributed by atoms with E-state index in [0.29, 0.717) is 5.69 Å². The van der Waals surface area contributed by atoms with Crippen LogP contribution in [0.3, 0.4) is 0 Å². The lowest BCUT2D eigenvalue weighted by Crippen LogP contribution is -2.31. The highest BCUT2D eigenvalue weighted by atomic mass is 16.1. The van der Waals surface area contributed by atoms with Crippen molar-refractivity contribution in [3.05, 3.63) is 18.1 Å². The van der Waals surface area contributed by atoms with E-state index in [-0.39, 0.29) is 5.91 Å². The number of piperidine rings is 1. The number of nitrogens with one attached hydrogen (secondary N) is 1. The van der Waals surface area contributed by atoms with Crippen molar-refractivity contribution >= 4 is 11.7 Å². The van der Waals surface area contributed by atoms with E-state index in [2.05, 4.69) is 27.1 Å². The van der Waals surface area contributed by atoms with Crippen molar-refractivity contribution in [2.24, 2.45) is 0 Å². The fraction of sp³-hybridized carbons (Fsp3) is 0.667. The lowest BCUT2D eigenvalue weighted by molar-refractivity contribution is 0.0948. The van der Waals surface area contributed by atoms with Crippen LogP contribution in [0.25, 0.3) is 0 Å². The molecule has 1 aromatic rings. The summed E-state index contributed by atoms with van der Waals surface area (Å²) in [7, 11) is 0. The number of anilines is 1. The molecule has 0 aliphatic carbocycles. The molecule has 0 saturated carbocycles. The van der Waals surface area contributed by atoms with Crippen LogP contribution in [0.1, 0.15) is 55.9 Å². The molecule has 20 heavy (non-hydrogen) atoms. The van der Waals surface area contributed by atoms with Crippen molar-refractivity contribution in [3.63, 3.8) is 0 Å². The zero-order valence-corrected chi connectivity index (χ0v) is 12.3. The smallest absolute Gasteiger partial charge is 0.270 e. The Labute approximate surface area is 120 Å². The standard InChI is InChI=1S/C15H24N4O/c1-2-3-5-8-16-15(20)13-11-14(18-12-17-13)19-9-6-4-7-10-19/h11-12H,2-10H2,1H3,(H,16,20). The summed E-state index contributed by atoms with van der Waals surface area (Å²) < 4.78 is 0. The zero-order chi connectivity index (χ0) is 14.2. The second-order valence-corrected chi connectivity index (χ2v) is 5.27. The second-order valence-electron chi connectivity index (χ2n) is 5.27. The molecule has 0 radical (unpaired) electrons. The number of aromatic nitrogens is 2. The van der Waals surface area contributed by atoms with E-state index in [4.69, 9.17) is 0 Å². The minimum atomic E-state index is -0.0956. The van der Waals surface area contributed by atoms with Gasteiger partial charge in [-0.1, -0.05) is 19.8 Å². The number of carbonyl (C=O) groups is 1. The molecule has 1 amide bonds. The van der Waals surface area contributed by atoms with Crippen LogP contribution in [0.15, 0.2) is 12.4 Å². The highest BCUT2D eigenvalue weighted by Gasteiger charge is 2.14. The molecule has 1 aromatic heterocycles. The molecule has 2 heterocycles. The van der Waals surface area contributed by atoms with Crippen molar-refractivity contribution in [3.8, 4) is 0 Å². The van der Waals surface area contributed by atoms with Gasteiger partial charge >= 0.3 is 0 Å². The molecular formula is C15H24N4O. The maximum absolute atomic E-state index is 12.0. The molecular weight excluding hydrogens is 252 g/mol. The summed E-state index contributed by atoms with van der Waals surface area (Å²) in [6.07, 6.45) is 8.49. The van der Waals surface area contributed by atoms with E-state index in [0.717, 1.165) is 44.7 Å². The molecule has 2 rings (SSSR count). The van der Waals surface area contributed by atoms with Gasteiger partial charge in [-0.25, -0.2) is 9.97 Å². The maximum atomic E-state index is 12.0. The van der Waals surface area contributed by atoms with Gasteiger partial charge in [0.05, 0.1) is 0 Å². The summed E-state index contributed by atoms with van der Waals surface area (Å²) in [6, 6.07) is 1.81. The Morgan fingerprint density at radius 2 is 2.05 bits per heavy atom. The predicted octanol–water partition coefficient (Wildman–Crippen LogP) is 2.39. The zero-order valence-electron chi connectivity index (χ0n) is 12.3. The molecule has 0 unspecified atom stereocenters. The number of hydrogen-bond acceptors (Lipinski definition) is 4. The van der Waals surface area contributed by atoms with Gasteiger partial charge in [0.1, 0.15) is 17.8 Å². The second kappa shape index (κ2) is 7.82. The minimum absolute atomic E-state index is 0.0956. The Morgan fingerprint density at radius 3 is 2.80 bits per heavy atom. The van der Waals surface area contributed by atoms with Crippen LogP contribution in [-0.2, 0) is 0 Å². The van der Waals surface area contributed by atoms with Crippen LogP contribution in [0.2, 0.25) is 0 Å². The van der Waals surface area contributed by atoms with Crippen molar-refractivity contribution in [2.45, 2.75) is 45.4 Å². The Morgan fingerprint density at radius 1 is 1.25 bits per heavy atom. The summed E-state index contributed by atoms with van der Waals surface area (Å²) in [5.74, 6) is 0.778. The Balaban J connectivity index is 1.92. The van der Waals surface area contributed by atoms with Crippen LogP contribution in [0.4, 0.5) is 5.82 Å². The Kier molecular flexibility index (Phi) is 5.77. The van der Waals surface area contributed by atoms with Gasteiger partial charge in [-0.3, -0.25) is 4.79 Å². The summed E-state index contributed by atoms with van der Waals surface area (Å²) in [6.45, 7) is 4.91. The molecule has 1 saturated heterocycles. The average Bonchev–Trinajstić information content (AvgIpc) is 2.52. The predicted molar refractivity (Wildman–Crippen MR) is 80.0 cm³/mol. The van der Waals surface area contributed by atoms with Gasteiger partial charge < -0.3 is 10.2 Å². The van der Waals surface area contributed by atoms with Gasteiger partial charge in [0, 0.05) is 25.7 Å². The lowest BCUT2D eigenvalue weighted by atomic mass is 10.1. The monoisotopic (exact) mass is 276 g/mol. The quantitative estimate of drug-likeness (QED) is 0.811. The third-order valence-corrected chi connectivity index (χ3v) is 3.63. The van der Waals surface area contributed by atoms with Crippen molar-refractivity contribution in [1.29, 1.82) is 0 Å². The Hall–Kier alpha value is -1.65. The molecule has 1 fully saturated rings. The number of hydrogen-bond donors (Lipinski definition) is 1. The first kappa shape index (κ1) is 14.8. The molecule has 0 spiro atoms. The third-order valence-electron chi connectivity index (χ3n) is 3.63. The number of amides is 1. The first-order valence-electron chi connectivity index (χ1n) is 7.66. The summed E-state index contributed by atoms with van der Waals surface area (Å²) in [4.78, 5) is 22.6. The first-order chi connectivity index (χ1) is 9.81. The Bertz CT molecular complexity index is 430. The minimum Gasteiger partial charge on any atom is -0.357 e. The molecule has 5 heteroatoms. The SMILES string of the molecule is CCCCCNC(=O)c1cc(N2CCCCC2)ncn1. The lowest BCUT2D eigenvalue weighted by Gasteiger charge is -2.27. The average molecular weight is 276 g/mol. The van der Waals surface area contributed by atoms with Crippen molar-refractivity contribution in [2.75, 3.05) is 24.5 Å². The van der Waals surface area contributed by atoms with Crippen LogP contribution in [0, 0.1) is 0 Å². The molecule has 1 N–H and O–H groups in total. The number of unbranched alkanes of at least 4 members (excludes halogenated alkanes) is 2. The summed E-state index contributed by atoms with van der Waals surface area (Å²) in [5, 5.41) is 2.92. The maximum Gasteiger partial charge on any atom is 0.270 e. The highest BCUT2D eigenvalue weighted by molar-refractivity contribution is 5.92. The van der Waals surface area contributed by atoms with Gasteiger partial charge in [0.25, 0.3) is 5.91 Å². The summed E-state index contributed by atoms with van der Waals surface area (Å²) in [5.41, 5.74) is 0.470. The molecule has 1 aliphatic rings. The fourth-order valence-corrected chi connectivity index (χ4v) is 2.43. The number of carbonyl (C=O) groups excluding carboxylic acids is 1. The van der Waals surface area contributed by atoms with E-state index in [1.807, 2.05) is 0 Å². The normalized spacial score (nSPS) is 15.2. The van der Waals surface area contributed by atoms with Crippen LogP contribution in [0.5, 0.6) is 0 Å². The summed E-state index contributed by atoms with van der Waals surface area (Å²) >= 11 is 0. The van der Waals surface area contributed by atoms with E-state index in [1.165, 1.54) is 25.6 Å². The third kappa shape index (κ3) is 4.18. The first-order valence-corrected chi connectivity index (χ1v) is 7.66. The molecule has 1 aliphatic heterocycles. The molecule has 110 valence electrons. The van der Waals surface area contributed by atoms with Crippen LogP contribution >= 0.6 is 0 Å². The van der Waals surface area contributed by atoms with Gasteiger partial charge in [0.15, 0.2) is 0 Å². The highest BCUT2D eigenvalue weighted by Crippen LogP contribution is 2.17. The topological polar surface area (TPSA) is 58.1 Å². The van der Waals surface area contributed by atoms with Gasteiger partial charge in [-0.05, 0) is 25.7 Å². The van der Waals surface area contributed by atoms with E-state index >= 15 is 0 Å². The largest absolute Gasteiger partial charge is 0.357 e. The van der Waals surface area contributed by atoms with Gasteiger partial charge in [-0.2, -0.15) is 0 Å². The van der Waals surface area contributed by atoms with E-state index in [1.54, 1.807) is 6.07 Å². The van der Waals surface area contributed by atoms with Crippen LogP contribution in [-0.4, -0.2) is 35.5 Å². The number of nitrogens with zero attached hydrogens (tertiary/aromatic N) is 3. The van der Waals surface area contributed by atoms with Crippen molar-refractivity contribution < 1.29 is 4.79 Å². The molecule has 0 aromatic carbocycles. The van der Waals surface area contributed by atoms with Gasteiger partial charge in [-0.15, -0.1) is 0 Å². The molecule has 0 bridgehead atoms. The van der Waals surface area contributed by atoms with Crippen molar-refractivity contribution in [1.82, 2.24) is 15.3 Å². The van der Waals surface area contributed by atoms with Gasteiger partial charge in [0.2, 0.25) is 0 Å². The van der Waals surface area contributed by atoms with E-state index in [9.17, 15) is 4.79 Å². The van der Waals surface area contributed by atoms with E-state index < -0.39 is 0 Å².